The number of hydrogen-bond donors (Lipinski definition) is 1. The van der Waals surface area contributed by atoms with Crippen LogP contribution in [0.5, 0.6) is 0 Å². The van der Waals surface area contributed by atoms with Crippen LogP contribution in [0.25, 0.3) is 0 Å². The van der Waals surface area contributed by atoms with Gasteiger partial charge in [0.1, 0.15) is 0 Å². The van der Waals surface area contributed by atoms with E-state index in [1.165, 1.54) is 63.8 Å². The van der Waals surface area contributed by atoms with E-state index in [9.17, 15) is 0 Å². The predicted molar refractivity (Wildman–Crippen MR) is 89.7 cm³/mol. The van der Waals surface area contributed by atoms with Gasteiger partial charge in [0.2, 0.25) is 0 Å². The molecule has 2 heterocycles. The third-order valence-electron chi connectivity index (χ3n) is 5.46. The van der Waals surface area contributed by atoms with E-state index in [0.717, 1.165) is 12.0 Å². The molecule has 2 saturated heterocycles. The summed E-state index contributed by atoms with van der Waals surface area (Å²) in [5.41, 5.74) is 1.49. The second kappa shape index (κ2) is 7.42. The Labute approximate surface area is 129 Å². The van der Waals surface area contributed by atoms with Crippen molar-refractivity contribution in [2.75, 3.05) is 26.2 Å². The van der Waals surface area contributed by atoms with Crippen molar-refractivity contribution in [3.8, 4) is 0 Å². The largest absolute Gasteiger partial charge is 0.314 e. The van der Waals surface area contributed by atoms with Crippen molar-refractivity contribution in [1.82, 2.24) is 10.2 Å². The Morgan fingerprint density at radius 2 is 2.05 bits per heavy atom. The number of piperidine rings is 1. The lowest BCUT2D eigenvalue weighted by Gasteiger charge is -2.36. The van der Waals surface area contributed by atoms with E-state index in [-0.39, 0.29) is 0 Å². The molecule has 0 radical (unpaired) electrons. The minimum atomic E-state index is 0.677. The average molecular weight is 286 g/mol. The monoisotopic (exact) mass is 286 g/mol. The van der Waals surface area contributed by atoms with Gasteiger partial charge in [0.15, 0.2) is 0 Å². The van der Waals surface area contributed by atoms with Crippen molar-refractivity contribution in [3.63, 3.8) is 0 Å². The maximum Gasteiger partial charge on any atom is 0.0108 e. The lowest BCUT2D eigenvalue weighted by Crippen LogP contribution is -2.43. The van der Waals surface area contributed by atoms with Crippen LogP contribution in [0.4, 0.5) is 0 Å². The van der Waals surface area contributed by atoms with Gasteiger partial charge in [0, 0.05) is 12.6 Å². The highest BCUT2D eigenvalue weighted by molar-refractivity contribution is 5.18. The first-order valence-electron chi connectivity index (χ1n) is 8.83. The molecule has 0 bridgehead atoms. The fourth-order valence-corrected chi connectivity index (χ4v) is 4.06. The quantitative estimate of drug-likeness (QED) is 0.889. The highest BCUT2D eigenvalue weighted by Gasteiger charge is 2.28. The molecular weight excluding hydrogens is 256 g/mol. The van der Waals surface area contributed by atoms with Gasteiger partial charge in [-0.15, -0.1) is 0 Å². The molecule has 2 fully saturated rings. The van der Waals surface area contributed by atoms with Crippen LogP contribution in [0, 0.1) is 5.92 Å². The van der Waals surface area contributed by atoms with Crippen LogP contribution in [0.1, 0.15) is 50.5 Å². The molecule has 116 valence electrons. The van der Waals surface area contributed by atoms with Crippen molar-refractivity contribution in [3.05, 3.63) is 35.9 Å². The molecule has 1 aromatic carbocycles. The summed E-state index contributed by atoms with van der Waals surface area (Å²) < 4.78 is 0. The van der Waals surface area contributed by atoms with Crippen LogP contribution in [0.3, 0.4) is 0 Å². The first-order chi connectivity index (χ1) is 10.3. The van der Waals surface area contributed by atoms with Gasteiger partial charge in [0.25, 0.3) is 0 Å². The smallest absolute Gasteiger partial charge is 0.0108 e. The lowest BCUT2D eigenvalue weighted by atomic mass is 9.89. The number of likely N-dealkylation sites (tertiary alicyclic amines) is 1. The molecule has 0 spiro atoms. The van der Waals surface area contributed by atoms with E-state index in [0.29, 0.717) is 5.92 Å². The zero-order valence-corrected chi connectivity index (χ0v) is 13.4. The second-order valence-electron chi connectivity index (χ2n) is 7.01. The lowest BCUT2D eigenvalue weighted by molar-refractivity contribution is 0.148. The topological polar surface area (TPSA) is 15.3 Å². The SMILES string of the molecule is CC(CCN1CCCC(C2CCCN2)C1)c1ccccc1. The molecule has 2 aliphatic rings. The summed E-state index contributed by atoms with van der Waals surface area (Å²) in [4.78, 5) is 2.72. The molecule has 3 rings (SSSR count). The van der Waals surface area contributed by atoms with Gasteiger partial charge in [-0.2, -0.15) is 0 Å². The Kier molecular flexibility index (Phi) is 5.32. The molecule has 2 heteroatoms. The second-order valence-corrected chi connectivity index (χ2v) is 7.01. The van der Waals surface area contributed by atoms with Gasteiger partial charge >= 0.3 is 0 Å². The minimum absolute atomic E-state index is 0.677. The van der Waals surface area contributed by atoms with Crippen molar-refractivity contribution >= 4 is 0 Å². The molecule has 1 aromatic rings. The summed E-state index contributed by atoms with van der Waals surface area (Å²) in [7, 11) is 0. The van der Waals surface area contributed by atoms with E-state index < -0.39 is 0 Å². The van der Waals surface area contributed by atoms with Crippen molar-refractivity contribution < 1.29 is 0 Å². The zero-order chi connectivity index (χ0) is 14.5. The summed E-state index contributed by atoms with van der Waals surface area (Å²) in [5, 5.41) is 3.71. The molecular formula is C19H30N2. The van der Waals surface area contributed by atoms with Crippen LogP contribution in [-0.2, 0) is 0 Å². The van der Waals surface area contributed by atoms with E-state index in [1.54, 1.807) is 0 Å². The van der Waals surface area contributed by atoms with E-state index in [2.05, 4.69) is 47.5 Å². The Morgan fingerprint density at radius 1 is 1.19 bits per heavy atom. The predicted octanol–water partition coefficient (Wildman–Crippen LogP) is 3.64. The summed E-state index contributed by atoms with van der Waals surface area (Å²) in [6.45, 7) is 7.50. The van der Waals surface area contributed by atoms with Gasteiger partial charge in [-0.3, -0.25) is 0 Å². The van der Waals surface area contributed by atoms with Gasteiger partial charge in [-0.25, -0.2) is 0 Å². The molecule has 0 aliphatic carbocycles. The Bertz CT molecular complexity index is 411. The number of hydrogen-bond acceptors (Lipinski definition) is 2. The van der Waals surface area contributed by atoms with Crippen LogP contribution >= 0.6 is 0 Å². The molecule has 0 amide bonds. The standard InChI is InChI=1S/C19H30N2/c1-16(17-7-3-2-4-8-17)11-14-21-13-6-9-18(15-21)19-10-5-12-20-19/h2-4,7-8,16,18-20H,5-6,9-15H2,1H3. The van der Waals surface area contributed by atoms with Crippen LogP contribution in [0.2, 0.25) is 0 Å². The number of nitrogens with zero attached hydrogens (tertiary/aromatic N) is 1. The van der Waals surface area contributed by atoms with Gasteiger partial charge < -0.3 is 10.2 Å². The van der Waals surface area contributed by atoms with E-state index in [1.807, 2.05) is 0 Å². The highest BCUT2D eigenvalue weighted by Crippen LogP contribution is 2.26. The third-order valence-corrected chi connectivity index (χ3v) is 5.46. The van der Waals surface area contributed by atoms with E-state index >= 15 is 0 Å². The Morgan fingerprint density at radius 3 is 2.81 bits per heavy atom. The van der Waals surface area contributed by atoms with Gasteiger partial charge in [0.05, 0.1) is 0 Å². The normalized spacial score (nSPS) is 28.6. The Hall–Kier alpha value is -0.860. The molecule has 2 aliphatic heterocycles. The zero-order valence-electron chi connectivity index (χ0n) is 13.4. The third kappa shape index (κ3) is 4.08. The maximum absolute atomic E-state index is 3.71. The fourth-order valence-electron chi connectivity index (χ4n) is 4.06. The molecule has 3 unspecified atom stereocenters. The average Bonchev–Trinajstić information content (AvgIpc) is 3.08. The van der Waals surface area contributed by atoms with Gasteiger partial charge in [-0.1, -0.05) is 37.3 Å². The minimum Gasteiger partial charge on any atom is -0.314 e. The van der Waals surface area contributed by atoms with Gasteiger partial charge in [-0.05, 0) is 69.1 Å². The molecule has 0 saturated carbocycles. The first kappa shape index (κ1) is 15.1. The van der Waals surface area contributed by atoms with Crippen LogP contribution < -0.4 is 5.32 Å². The summed E-state index contributed by atoms with van der Waals surface area (Å²) in [5.74, 6) is 1.57. The molecule has 21 heavy (non-hydrogen) atoms. The van der Waals surface area contributed by atoms with Crippen molar-refractivity contribution in [1.29, 1.82) is 0 Å². The van der Waals surface area contributed by atoms with Crippen LogP contribution in [0.15, 0.2) is 30.3 Å². The number of nitrogens with one attached hydrogen (secondary N) is 1. The maximum atomic E-state index is 3.71. The summed E-state index contributed by atoms with van der Waals surface area (Å²) in [6.07, 6.45) is 6.89. The van der Waals surface area contributed by atoms with Crippen molar-refractivity contribution in [2.24, 2.45) is 5.92 Å². The first-order valence-corrected chi connectivity index (χ1v) is 8.83. The number of rotatable bonds is 5. The summed E-state index contributed by atoms with van der Waals surface area (Å²) in [6, 6.07) is 11.8. The van der Waals surface area contributed by atoms with E-state index in [4.69, 9.17) is 0 Å². The molecule has 0 aromatic heterocycles. The fraction of sp³-hybridized carbons (Fsp3) is 0.684. The highest BCUT2D eigenvalue weighted by atomic mass is 15.1. The molecule has 2 nitrogen and oxygen atoms in total. The molecule has 3 atom stereocenters. The van der Waals surface area contributed by atoms with Crippen molar-refractivity contribution in [2.45, 2.75) is 51.0 Å². The summed E-state index contributed by atoms with van der Waals surface area (Å²) >= 11 is 0. The number of benzene rings is 1. The Balaban J connectivity index is 1.46. The van der Waals surface area contributed by atoms with Crippen LogP contribution in [-0.4, -0.2) is 37.1 Å². The molecule has 1 N–H and O–H groups in total.